The number of hydrogen-bond acceptors (Lipinski definition) is 3. The summed E-state index contributed by atoms with van der Waals surface area (Å²) in [6, 6.07) is 3.98. The molecule has 1 amide bonds. The van der Waals surface area contributed by atoms with Crippen LogP contribution in [-0.4, -0.2) is 19.1 Å². The Morgan fingerprint density at radius 2 is 1.94 bits per heavy atom. The maximum atomic E-state index is 11.1. The Bertz CT molecular complexity index is 457. The van der Waals surface area contributed by atoms with Crippen LogP contribution in [0.15, 0.2) is 12.1 Å². The Hall–Kier alpha value is -1.71. The largest absolute Gasteiger partial charge is 0.486 e. The van der Waals surface area contributed by atoms with E-state index in [1.807, 2.05) is 19.1 Å². The number of amides is 1. The Morgan fingerprint density at radius 3 is 2.50 bits per heavy atom. The zero-order valence-electron chi connectivity index (χ0n) is 11.1. The smallest absolute Gasteiger partial charge is 0.217 e. The molecule has 1 aromatic carbocycles. The number of carbonyl (C=O) groups is 1. The van der Waals surface area contributed by atoms with Crippen LogP contribution in [-0.2, 0) is 11.2 Å². The molecule has 1 heterocycles. The van der Waals surface area contributed by atoms with Crippen molar-refractivity contribution >= 4 is 5.91 Å². The van der Waals surface area contributed by atoms with E-state index in [1.165, 1.54) is 12.5 Å². The average molecular weight is 249 g/mol. The highest BCUT2D eigenvalue weighted by molar-refractivity contribution is 5.73. The van der Waals surface area contributed by atoms with Crippen LogP contribution in [0.5, 0.6) is 11.5 Å². The van der Waals surface area contributed by atoms with Crippen LogP contribution < -0.4 is 14.8 Å². The third-order valence-electron chi connectivity index (χ3n) is 3.07. The summed E-state index contributed by atoms with van der Waals surface area (Å²) in [6.45, 7) is 6.77. The van der Waals surface area contributed by atoms with Crippen molar-refractivity contribution in [2.45, 2.75) is 33.2 Å². The Morgan fingerprint density at radius 1 is 1.33 bits per heavy atom. The summed E-state index contributed by atoms with van der Waals surface area (Å²) in [5, 5.41) is 2.91. The number of nitrogens with one attached hydrogen (secondary N) is 1. The normalized spacial score (nSPS) is 15.1. The quantitative estimate of drug-likeness (QED) is 0.893. The van der Waals surface area contributed by atoms with Gasteiger partial charge in [-0.1, -0.05) is 6.92 Å². The maximum Gasteiger partial charge on any atom is 0.217 e. The Balaban J connectivity index is 2.35. The van der Waals surface area contributed by atoms with Gasteiger partial charge in [0.25, 0.3) is 0 Å². The van der Waals surface area contributed by atoms with Gasteiger partial charge in [0.1, 0.15) is 13.2 Å². The molecule has 1 N–H and O–H groups in total. The second-order valence-electron chi connectivity index (χ2n) is 4.47. The predicted octanol–water partition coefficient (Wildman–Crippen LogP) is 2.22. The van der Waals surface area contributed by atoms with E-state index in [4.69, 9.17) is 9.47 Å². The summed E-state index contributed by atoms with van der Waals surface area (Å²) >= 11 is 0. The number of aryl methyl sites for hydroxylation is 1. The third kappa shape index (κ3) is 2.58. The fourth-order valence-corrected chi connectivity index (χ4v) is 2.24. The third-order valence-corrected chi connectivity index (χ3v) is 3.07. The fraction of sp³-hybridized carbons (Fsp3) is 0.500. The van der Waals surface area contributed by atoms with Crippen molar-refractivity contribution in [2.75, 3.05) is 13.2 Å². The van der Waals surface area contributed by atoms with Crippen LogP contribution in [0, 0.1) is 0 Å². The minimum atomic E-state index is -0.0283. The van der Waals surface area contributed by atoms with Gasteiger partial charge in [-0.25, -0.2) is 0 Å². The summed E-state index contributed by atoms with van der Waals surface area (Å²) in [6.07, 6.45) is 0.899. The minimum absolute atomic E-state index is 0.0201. The molecule has 1 atom stereocenters. The van der Waals surface area contributed by atoms with E-state index in [1.54, 1.807) is 0 Å². The monoisotopic (exact) mass is 249 g/mol. The van der Waals surface area contributed by atoms with Gasteiger partial charge in [-0.15, -0.1) is 0 Å². The molecule has 1 aliphatic rings. The minimum Gasteiger partial charge on any atom is -0.486 e. The summed E-state index contributed by atoms with van der Waals surface area (Å²) in [5.41, 5.74) is 2.28. The molecule has 1 aromatic rings. The van der Waals surface area contributed by atoms with Gasteiger partial charge in [0, 0.05) is 6.92 Å². The Labute approximate surface area is 107 Å². The van der Waals surface area contributed by atoms with Crippen LogP contribution in [0.3, 0.4) is 0 Å². The van der Waals surface area contributed by atoms with Gasteiger partial charge >= 0.3 is 0 Å². The van der Waals surface area contributed by atoms with Crippen molar-refractivity contribution in [2.24, 2.45) is 0 Å². The van der Waals surface area contributed by atoms with E-state index >= 15 is 0 Å². The zero-order valence-corrected chi connectivity index (χ0v) is 11.1. The lowest BCUT2D eigenvalue weighted by atomic mass is 9.98. The van der Waals surface area contributed by atoms with Crippen LogP contribution in [0.4, 0.5) is 0 Å². The average Bonchev–Trinajstić information content (AvgIpc) is 2.36. The second kappa shape index (κ2) is 5.29. The van der Waals surface area contributed by atoms with Crippen LogP contribution in [0.25, 0.3) is 0 Å². The molecule has 4 nitrogen and oxygen atoms in total. The van der Waals surface area contributed by atoms with Crippen LogP contribution >= 0.6 is 0 Å². The molecule has 1 aliphatic heterocycles. The highest BCUT2D eigenvalue weighted by atomic mass is 16.6. The van der Waals surface area contributed by atoms with Gasteiger partial charge in [0.2, 0.25) is 5.91 Å². The van der Waals surface area contributed by atoms with E-state index in [0.717, 1.165) is 23.5 Å². The SMILES string of the molecule is CCc1cc2c(cc1C(C)NC(C)=O)OCCO2. The molecule has 0 saturated heterocycles. The number of hydrogen-bond donors (Lipinski definition) is 1. The van der Waals surface area contributed by atoms with Crippen molar-refractivity contribution < 1.29 is 14.3 Å². The maximum absolute atomic E-state index is 11.1. The zero-order chi connectivity index (χ0) is 13.1. The molecule has 0 aromatic heterocycles. The molecule has 0 saturated carbocycles. The van der Waals surface area contributed by atoms with E-state index in [0.29, 0.717) is 13.2 Å². The highest BCUT2D eigenvalue weighted by Gasteiger charge is 2.18. The molecule has 98 valence electrons. The van der Waals surface area contributed by atoms with Gasteiger partial charge in [0.05, 0.1) is 6.04 Å². The molecule has 0 aliphatic carbocycles. The van der Waals surface area contributed by atoms with E-state index < -0.39 is 0 Å². The number of fused-ring (bicyclic) bond motifs is 1. The topological polar surface area (TPSA) is 47.6 Å². The predicted molar refractivity (Wildman–Crippen MR) is 69.0 cm³/mol. The lowest BCUT2D eigenvalue weighted by molar-refractivity contribution is -0.119. The molecule has 4 heteroatoms. The van der Waals surface area contributed by atoms with Gasteiger partial charge in [0.15, 0.2) is 11.5 Å². The van der Waals surface area contributed by atoms with Crippen molar-refractivity contribution in [3.8, 4) is 11.5 Å². The van der Waals surface area contributed by atoms with E-state index in [9.17, 15) is 4.79 Å². The summed E-state index contributed by atoms with van der Waals surface area (Å²) < 4.78 is 11.2. The number of ether oxygens (including phenoxy) is 2. The number of carbonyl (C=O) groups excluding carboxylic acids is 1. The van der Waals surface area contributed by atoms with Crippen LogP contribution in [0.1, 0.15) is 37.9 Å². The summed E-state index contributed by atoms with van der Waals surface area (Å²) in [5.74, 6) is 1.54. The number of benzene rings is 1. The molecular weight excluding hydrogens is 230 g/mol. The molecule has 2 rings (SSSR count). The molecule has 0 bridgehead atoms. The van der Waals surface area contributed by atoms with E-state index in [-0.39, 0.29) is 11.9 Å². The first-order valence-corrected chi connectivity index (χ1v) is 6.31. The lowest BCUT2D eigenvalue weighted by Gasteiger charge is -2.23. The van der Waals surface area contributed by atoms with Crippen molar-refractivity contribution in [3.05, 3.63) is 23.3 Å². The van der Waals surface area contributed by atoms with Gasteiger partial charge in [-0.2, -0.15) is 0 Å². The first-order chi connectivity index (χ1) is 8.61. The first-order valence-electron chi connectivity index (χ1n) is 6.31. The molecule has 18 heavy (non-hydrogen) atoms. The fourth-order valence-electron chi connectivity index (χ4n) is 2.24. The molecule has 1 unspecified atom stereocenters. The van der Waals surface area contributed by atoms with Crippen molar-refractivity contribution in [1.82, 2.24) is 5.32 Å². The number of rotatable bonds is 3. The standard InChI is InChI=1S/C14H19NO3/c1-4-11-7-13-14(18-6-5-17-13)8-12(11)9(2)15-10(3)16/h7-9H,4-6H2,1-3H3,(H,15,16). The lowest BCUT2D eigenvalue weighted by Crippen LogP contribution is -2.25. The molecule has 0 fully saturated rings. The van der Waals surface area contributed by atoms with Crippen molar-refractivity contribution in [1.29, 1.82) is 0 Å². The summed E-state index contributed by atoms with van der Waals surface area (Å²) in [7, 11) is 0. The van der Waals surface area contributed by atoms with Crippen LogP contribution in [0.2, 0.25) is 0 Å². The second-order valence-corrected chi connectivity index (χ2v) is 4.47. The Kier molecular flexibility index (Phi) is 3.75. The molecular formula is C14H19NO3. The van der Waals surface area contributed by atoms with Gasteiger partial charge in [-0.05, 0) is 36.6 Å². The van der Waals surface area contributed by atoms with Crippen molar-refractivity contribution in [3.63, 3.8) is 0 Å². The van der Waals surface area contributed by atoms with Gasteiger partial charge in [-0.3, -0.25) is 4.79 Å². The first kappa shape index (κ1) is 12.7. The summed E-state index contributed by atoms with van der Waals surface area (Å²) in [4.78, 5) is 11.1. The highest BCUT2D eigenvalue weighted by Crippen LogP contribution is 2.35. The van der Waals surface area contributed by atoms with E-state index in [2.05, 4.69) is 12.2 Å². The van der Waals surface area contributed by atoms with Gasteiger partial charge < -0.3 is 14.8 Å². The molecule has 0 radical (unpaired) electrons. The molecule has 0 spiro atoms.